The second-order valence-corrected chi connectivity index (χ2v) is 8.38. The minimum atomic E-state index is -4.78. The van der Waals surface area contributed by atoms with Crippen molar-refractivity contribution < 1.29 is 27.4 Å². The lowest BCUT2D eigenvalue weighted by Crippen LogP contribution is -2.32. The number of carbonyl (C=O) groups is 1. The van der Waals surface area contributed by atoms with E-state index in [9.17, 15) is 23.2 Å². The molecule has 162 valence electrons. The van der Waals surface area contributed by atoms with E-state index in [1.807, 2.05) is 0 Å². The fourth-order valence-electron chi connectivity index (χ4n) is 2.88. The molecule has 0 saturated carbocycles. The molecule has 0 fully saturated rings. The first-order chi connectivity index (χ1) is 14.5. The third kappa shape index (κ3) is 5.64. The molecular formula is C21H18F3N3O3S. The standard InChI is InChI=1S/C21H18F3N3O3S/c1-20(2,3)30-19(28)26-10-13-8-15(17-18(16(13)9-25)31-11-27-17)12-4-6-14(7-5-12)29-21(22,23)24/h4-8,11H,10H2,1-3H3,(H,26,28). The lowest BCUT2D eigenvalue weighted by molar-refractivity contribution is -0.274. The number of carbonyl (C=O) groups excluding carboxylic acids is 1. The molecule has 31 heavy (non-hydrogen) atoms. The minimum absolute atomic E-state index is 0.0356. The van der Waals surface area contributed by atoms with Crippen molar-refractivity contribution in [1.29, 1.82) is 5.26 Å². The first-order valence-corrected chi connectivity index (χ1v) is 9.97. The number of hydrogen-bond donors (Lipinski definition) is 1. The highest BCUT2D eigenvalue weighted by Crippen LogP contribution is 2.35. The van der Waals surface area contributed by atoms with Gasteiger partial charge in [-0.05, 0) is 50.1 Å². The monoisotopic (exact) mass is 449 g/mol. The summed E-state index contributed by atoms with van der Waals surface area (Å²) in [6.45, 7) is 5.25. The Morgan fingerprint density at radius 2 is 1.90 bits per heavy atom. The highest BCUT2D eigenvalue weighted by atomic mass is 32.1. The number of nitrogens with zero attached hydrogens (tertiary/aromatic N) is 2. The number of alkyl carbamates (subject to hydrolysis) is 1. The first kappa shape index (κ1) is 22.4. The van der Waals surface area contributed by atoms with Crippen LogP contribution in [0.4, 0.5) is 18.0 Å². The summed E-state index contributed by atoms with van der Waals surface area (Å²) >= 11 is 1.27. The number of halogens is 3. The van der Waals surface area contributed by atoms with Gasteiger partial charge in [0.15, 0.2) is 0 Å². The Hall–Kier alpha value is -3.32. The zero-order valence-electron chi connectivity index (χ0n) is 16.8. The van der Waals surface area contributed by atoms with Gasteiger partial charge in [0.05, 0.1) is 21.3 Å². The quantitative estimate of drug-likeness (QED) is 0.548. The van der Waals surface area contributed by atoms with E-state index >= 15 is 0 Å². The average Bonchev–Trinajstić information content (AvgIpc) is 3.13. The molecule has 1 amide bonds. The molecular weight excluding hydrogens is 431 g/mol. The molecule has 6 nitrogen and oxygen atoms in total. The summed E-state index contributed by atoms with van der Waals surface area (Å²) in [4.78, 5) is 16.3. The minimum Gasteiger partial charge on any atom is -0.444 e. The van der Waals surface area contributed by atoms with Crippen LogP contribution in [0.1, 0.15) is 31.9 Å². The number of benzene rings is 2. The largest absolute Gasteiger partial charge is 0.573 e. The van der Waals surface area contributed by atoms with Crippen molar-refractivity contribution in [2.45, 2.75) is 39.3 Å². The van der Waals surface area contributed by atoms with Gasteiger partial charge in [-0.1, -0.05) is 12.1 Å². The number of amides is 1. The van der Waals surface area contributed by atoms with Crippen molar-refractivity contribution in [3.8, 4) is 22.9 Å². The predicted molar refractivity (Wildman–Crippen MR) is 110 cm³/mol. The van der Waals surface area contributed by atoms with Crippen LogP contribution in [-0.4, -0.2) is 23.0 Å². The van der Waals surface area contributed by atoms with E-state index in [4.69, 9.17) is 4.74 Å². The Morgan fingerprint density at radius 1 is 1.23 bits per heavy atom. The Balaban J connectivity index is 1.96. The van der Waals surface area contributed by atoms with E-state index in [-0.39, 0.29) is 12.3 Å². The number of hydrogen-bond acceptors (Lipinski definition) is 6. The van der Waals surface area contributed by atoms with Crippen molar-refractivity contribution in [2.24, 2.45) is 0 Å². The number of ether oxygens (including phenoxy) is 2. The van der Waals surface area contributed by atoms with Crippen LogP contribution in [0.25, 0.3) is 21.3 Å². The summed E-state index contributed by atoms with van der Waals surface area (Å²) in [6, 6.07) is 9.20. The molecule has 3 rings (SSSR count). The van der Waals surface area contributed by atoms with E-state index < -0.39 is 18.1 Å². The molecule has 0 aliphatic carbocycles. The van der Waals surface area contributed by atoms with Gasteiger partial charge in [-0.3, -0.25) is 0 Å². The molecule has 0 spiro atoms. The van der Waals surface area contributed by atoms with Crippen molar-refractivity contribution >= 4 is 27.6 Å². The molecule has 0 aliphatic heterocycles. The maximum atomic E-state index is 12.4. The highest BCUT2D eigenvalue weighted by molar-refractivity contribution is 7.17. The smallest absolute Gasteiger partial charge is 0.444 e. The van der Waals surface area contributed by atoms with Crippen molar-refractivity contribution in [3.05, 3.63) is 47.0 Å². The predicted octanol–water partition coefficient (Wildman–Crippen LogP) is 5.76. The molecule has 0 aliphatic rings. The van der Waals surface area contributed by atoms with E-state index in [1.54, 1.807) is 32.3 Å². The molecule has 0 unspecified atom stereocenters. The molecule has 1 aromatic heterocycles. The Kier molecular flexibility index (Phi) is 6.08. The van der Waals surface area contributed by atoms with Gasteiger partial charge in [0.1, 0.15) is 17.4 Å². The Labute approximate surface area is 180 Å². The van der Waals surface area contributed by atoms with Gasteiger partial charge in [0.2, 0.25) is 0 Å². The Morgan fingerprint density at radius 3 is 2.48 bits per heavy atom. The summed E-state index contributed by atoms with van der Waals surface area (Å²) in [6.07, 6.45) is -5.41. The zero-order chi connectivity index (χ0) is 22.8. The highest BCUT2D eigenvalue weighted by Gasteiger charge is 2.31. The molecule has 0 saturated heterocycles. The van der Waals surface area contributed by atoms with Gasteiger partial charge in [-0.25, -0.2) is 9.78 Å². The number of nitrogens with one attached hydrogen (secondary N) is 1. The summed E-state index contributed by atoms with van der Waals surface area (Å²) in [5, 5.41) is 12.3. The molecule has 1 heterocycles. The van der Waals surface area contributed by atoms with Crippen LogP contribution in [0.15, 0.2) is 35.8 Å². The number of nitriles is 1. The van der Waals surface area contributed by atoms with E-state index in [0.717, 1.165) is 0 Å². The molecule has 0 atom stereocenters. The van der Waals surface area contributed by atoms with E-state index in [2.05, 4.69) is 21.1 Å². The number of fused-ring (bicyclic) bond motifs is 1. The second-order valence-electron chi connectivity index (χ2n) is 7.53. The number of alkyl halides is 3. The summed E-state index contributed by atoms with van der Waals surface area (Å²) in [5.41, 5.74) is 3.58. The topological polar surface area (TPSA) is 84.2 Å². The molecule has 0 bridgehead atoms. The fourth-order valence-corrected chi connectivity index (χ4v) is 3.71. The number of thiazole rings is 1. The summed E-state index contributed by atoms with van der Waals surface area (Å²) < 4.78 is 47.0. The van der Waals surface area contributed by atoms with Crippen molar-refractivity contribution in [3.63, 3.8) is 0 Å². The van der Waals surface area contributed by atoms with Gasteiger partial charge in [-0.15, -0.1) is 24.5 Å². The Bertz CT molecular complexity index is 1140. The van der Waals surface area contributed by atoms with Crippen LogP contribution < -0.4 is 10.1 Å². The lowest BCUT2D eigenvalue weighted by atomic mass is 9.98. The lowest BCUT2D eigenvalue weighted by Gasteiger charge is -2.20. The third-order valence-electron chi connectivity index (χ3n) is 4.02. The van der Waals surface area contributed by atoms with Crippen LogP contribution >= 0.6 is 11.3 Å². The van der Waals surface area contributed by atoms with Crippen LogP contribution in [0.3, 0.4) is 0 Å². The zero-order valence-corrected chi connectivity index (χ0v) is 17.6. The second kappa shape index (κ2) is 8.43. The van der Waals surface area contributed by atoms with Crippen molar-refractivity contribution in [2.75, 3.05) is 0 Å². The van der Waals surface area contributed by atoms with Gasteiger partial charge in [-0.2, -0.15) is 5.26 Å². The molecule has 10 heteroatoms. The van der Waals surface area contributed by atoms with Gasteiger partial charge in [0.25, 0.3) is 0 Å². The summed E-state index contributed by atoms with van der Waals surface area (Å²) in [5.74, 6) is -0.341. The van der Waals surface area contributed by atoms with Gasteiger partial charge < -0.3 is 14.8 Å². The fraction of sp³-hybridized carbons (Fsp3) is 0.286. The molecule has 3 aromatic rings. The normalized spacial score (nSPS) is 11.8. The van der Waals surface area contributed by atoms with Gasteiger partial charge >= 0.3 is 12.5 Å². The van der Waals surface area contributed by atoms with Crippen LogP contribution in [0.5, 0.6) is 5.75 Å². The maximum absolute atomic E-state index is 12.4. The maximum Gasteiger partial charge on any atom is 0.573 e. The molecule has 0 radical (unpaired) electrons. The van der Waals surface area contributed by atoms with E-state index in [0.29, 0.717) is 32.5 Å². The number of aromatic nitrogens is 1. The third-order valence-corrected chi connectivity index (χ3v) is 4.87. The van der Waals surface area contributed by atoms with Crippen molar-refractivity contribution in [1.82, 2.24) is 10.3 Å². The number of rotatable bonds is 4. The SMILES string of the molecule is CC(C)(C)OC(=O)NCc1cc(-c2ccc(OC(F)(F)F)cc2)c2ncsc2c1C#N. The first-order valence-electron chi connectivity index (χ1n) is 9.09. The van der Waals surface area contributed by atoms with Gasteiger partial charge in [0, 0.05) is 12.1 Å². The van der Waals surface area contributed by atoms with E-state index in [1.165, 1.54) is 35.6 Å². The molecule has 2 aromatic carbocycles. The molecule has 1 N–H and O–H groups in total. The van der Waals surface area contributed by atoms with Crippen LogP contribution in [0, 0.1) is 11.3 Å². The van der Waals surface area contributed by atoms with Crippen LogP contribution in [-0.2, 0) is 11.3 Å². The average molecular weight is 449 g/mol. The van der Waals surface area contributed by atoms with Crippen LogP contribution in [0.2, 0.25) is 0 Å². The summed E-state index contributed by atoms with van der Waals surface area (Å²) in [7, 11) is 0.